The zero-order valence-electron chi connectivity index (χ0n) is 9.26. The molecule has 0 radical (unpaired) electrons. The van der Waals surface area contributed by atoms with Gasteiger partial charge in [0, 0.05) is 13.1 Å². The maximum atomic E-state index is 9.37. The fraction of sp³-hybridized carbons (Fsp3) is 0.385. The summed E-state index contributed by atoms with van der Waals surface area (Å²) in [7, 11) is 2.01. The minimum absolute atomic E-state index is 0.425. The van der Waals surface area contributed by atoms with Gasteiger partial charge in [-0.2, -0.15) is 0 Å². The lowest BCUT2D eigenvalue weighted by Gasteiger charge is -2.18. The third kappa shape index (κ3) is 4.77. The maximum absolute atomic E-state index is 9.37. The van der Waals surface area contributed by atoms with Crippen molar-refractivity contribution in [1.29, 1.82) is 0 Å². The summed E-state index contributed by atoms with van der Waals surface area (Å²) in [4.78, 5) is 2.11. The van der Waals surface area contributed by atoms with E-state index >= 15 is 0 Å². The topological polar surface area (TPSA) is 23.5 Å². The van der Waals surface area contributed by atoms with E-state index in [2.05, 4.69) is 23.6 Å². The van der Waals surface area contributed by atoms with Crippen LogP contribution in [0.2, 0.25) is 0 Å². The van der Waals surface area contributed by atoms with Gasteiger partial charge >= 0.3 is 0 Å². The van der Waals surface area contributed by atoms with Crippen LogP contribution in [0.25, 0.3) is 0 Å². The fourth-order valence-electron chi connectivity index (χ4n) is 1.45. The molecule has 1 aromatic rings. The molecule has 15 heavy (non-hydrogen) atoms. The van der Waals surface area contributed by atoms with Gasteiger partial charge in [0.25, 0.3) is 0 Å². The second-order valence-corrected chi connectivity index (χ2v) is 3.80. The molecule has 0 saturated carbocycles. The molecule has 0 aliphatic rings. The predicted molar refractivity (Wildman–Crippen MR) is 63.8 cm³/mol. The number of likely N-dealkylation sites (N-methyl/N-ethyl adjacent to an activating group) is 1. The van der Waals surface area contributed by atoms with Gasteiger partial charge in [0.2, 0.25) is 0 Å². The predicted octanol–water partition coefficient (Wildman–Crippen LogP) is 1.71. The van der Waals surface area contributed by atoms with Gasteiger partial charge in [-0.15, -0.1) is 6.58 Å². The van der Waals surface area contributed by atoms with Gasteiger partial charge in [-0.05, 0) is 19.0 Å². The van der Waals surface area contributed by atoms with Gasteiger partial charge in [0.15, 0.2) is 0 Å². The van der Waals surface area contributed by atoms with E-state index in [4.69, 9.17) is 0 Å². The molecule has 0 heterocycles. The Morgan fingerprint density at radius 1 is 1.40 bits per heavy atom. The van der Waals surface area contributed by atoms with Gasteiger partial charge in [-0.25, -0.2) is 0 Å². The minimum atomic E-state index is -0.425. The number of aliphatic hydroxyl groups excluding tert-OH is 1. The largest absolute Gasteiger partial charge is 0.388 e. The first-order valence-corrected chi connectivity index (χ1v) is 5.25. The zero-order valence-corrected chi connectivity index (χ0v) is 9.26. The lowest BCUT2D eigenvalue weighted by molar-refractivity contribution is 0.165. The van der Waals surface area contributed by atoms with Crippen LogP contribution in [0, 0.1) is 0 Å². The molecule has 2 heteroatoms. The third-order valence-corrected chi connectivity index (χ3v) is 2.40. The van der Waals surface area contributed by atoms with E-state index in [-0.39, 0.29) is 0 Å². The average molecular weight is 205 g/mol. The first-order chi connectivity index (χ1) is 7.22. The van der Waals surface area contributed by atoms with E-state index in [0.29, 0.717) is 6.54 Å². The molecule has 1 rings (SSSR count). The van der Waals surface area contributed by atoms with Crippen LogP contribution in [0.4, 0.5) is 0 Å². The van der Waals surface area contributed by atoms with Crippen LogP contribution < -0.4 is 0 Å². The van der Waals surface area contributed by atoms with Crippen molar-refractivity contribution in [3.63, 3.8) is 0 Å². The third-order valence-electron chi connectivity index (χ3n) is 2.40. The summed E-state index contributed by atoms with van der Waals surface area (Å²) >= 11 is 0. The highest BCUT2D eigenvalue weighted by molar-refractivity contribution is 5.14. The van der Waals surface area contributed by atoms with Crippen molar-refractivity contribution in [3.8, 4) is 0 Å². The molecule has 1 N–H and O–H groups in total. The van der Waals surface area contributed by atoms with E-state index in [0.717, 1.165) is 13.0 Å². The van der Waals surface area contributed by atoms with Crippen LogP contribution in [-0.2, 0) is 6.42 Å². The zero-order chi connectivity index (χ0) is 11.1. The van der Waals surface area contributed by atoms with Crippen molar-refractivity contribution in [1.82, 2.24) is 4.90 Å². The average Bonchev–Trinajstić information content (AvgIpc) is 2.27. The molecule has 0 amide bonds. The molecule has 1 atom stereocenters. The monoisotopic (exact) mass is 205 g/mol. The van der Waals surface area contributed by atoms with Crippen LogP contribution in [-0.4, -0.2) is 36.2 Å². The van der Waals surface area contributed by atoms with Gasteiger partial charge < -0.3 is 10.0 Å². The summed E-state index contributed by atoms with van der Waals surface area (Å²) < 4.78 is 0. The molecule has 0 bridgehead atoms. The molecule has 1 aromatic carbocycles. The number of hydrogen-bond acceptors (Lipinski definition) is 2. The summed E-state index contributed by atoms with van der Waals surface area (Å²) in [6.07, 6.45) is 2.16. The molecule has 0 fully saturated rings. The van der Waals surface area contributed by atoms with Crippen molar-refractivity contribution in [3.05, 3.63) is 48.6 Å². The van der Waals surface area contributed by atoms with E-state index in [1.165, 1.54) is 5.56 Å². The van der Waals surface area contributed by atoms with Gasteiger partial charge in [-0.3, -0.25) is 0 Å². The Morgan fingerprint density at radius 3 is 2.67 bits per heavy atom. The Hall–Kier alpha value is -1.12. The Morgan fingerprint density at radius 2 is 2.07 bits per heavy atom. The summed E-state index contributed by atoms with van der Waals surface area (Å²) in [5.41, 5.74) is 1.33. The first-order valence-electron chi connectivity index (χ1n) is 5.25. The normalized spacial score (nSPS) is 12.7. The lowest BCUT2D eigenvalue weighted by atomic mass is 10.1. The summed E-state index contributed by atoms with van der Waals surface area (Å²) in [6, 6.07) is 10.4. The van der Waals surface area contributed by atoms with Crippen LogP contribution in [0.5, 0.6) is 0 Å². The molecule has 0 saturated heterocycles. The SMILES string of the molecule is C=CC(O)CN(C)CCc1ccccc1. The van der Waals surface area contributed by atoms with Gasteiger partial charge in [0.1, 0.15) is 0 Å². The highest BCUT2D eigenvalue weighted by atomic mass is 16.3. The highest BCUT2D eigenvalue weighted by Gasteiger charge is 2.03. The number of hydrogen-bond donors (Lipinski definition) is 1. The summed E-state index contributed by atoms with van der Waals surface area (Å²) in [6.45, 7) is 5.16. The van der Waals surface area contributed by atoms with E-state index in [1.807, 2.05) is 25.2 Å². The van der Waals surface area contributed by atoms with Crippen LogP contribution in [0.1, 0.15) is 5.56 Å². The Kier molecular flexibility index (Phi) is 5.08. The van der Waals surface area contributed by atoms with Crippen molar-refractivity contribution in [2.45, 2.75) is 12.5 Å². The maximum Gasteiger partial charge on any atom is 0.0845 e. The summed E-state index contributed by atoms with van der Waals surface area (Å²) in [5, 5.41) is 9.37. The Balaban J connectivity index is 2.28. The molecule has 82 valence electrons. The summed E-state index contributed by atoms with van der Waals surface area (Å²) in [5.74, 6) is 0. The van der Waals surface area contributed by atoms with Crippen LogP contribution in [0.15, 0.2) is 43.0 Å². The van der Waals surface area contributed by atoms with Crippen molar-refractivity contribution in [2.75, 3.05) is 20.1 Å². The molecule has 0 spiro atoms. The highest BCUT2D eigenvalue weighted by Crippen LogP contribution is 2.01. The Labute approximate surface area is 91.9 Å². The van der Waals surface area contributed by atoms with E-state index in [1.54, 1.807) is 6.08 Å². The number of nitrogens with zero attached hydrogens (tertiary/aromatic N) is 1. The standard InChI is InChI=1S/C13H19NO/c1-3-13(15)11-14(2)10-9-12-7-5-4-6-8-12/h3-8,13,15H,1,9-11H2,2H3. The van der Waals surface area contributed by atoms with Crippen molar-refractivity contribution >= 4 is 0 Å². The first kappa shape index (κ1) is 12.0. The smallest absolute Gasteiger partial charge is 0.0845 e. The quantitative estimate of drug-likeness (QED) is 0.715. The van der Waals surface area contributed by atoms with E-state index in [9.17, 15) is 5.11 Å². The molecule has 1 unspecified atom stereocenters. The second kappa shape index (κ2) is 6.38. The lowest BCUT2D eigenvalue weighted by Crippen LogP contribution is -2.29. The van der Waals surface area contributed by atoms with Crippen LogP contribution >= 0.6 is 0 Å². The van der Waals surface area contributed by atoms with E-state index < -0.39 is 6.10 Å². The number of rotatable bonds is 6. The Bertz CT molecular complexity index is 284. The van der Waals surface area contributed by atoms with Gasteiger partial charge in [-0.1, -0.05) is 36.4 Å². The van der Waals surface area contributed by atoms with Crippen molar-refractivity contribution in [2.24, 2.45) is 0 Å². The van der Waals surface area contributed by atoms with Crippen LogP contribution in [0.3, 0.4) is 0 Å². The molecule has 2 nitrogen and oxygen atoms in total. The number of benzene rings is 1. The molecule has 0 aliphatic heterocycles. The molecular weight excluding hydrogens is 186 g/mol. The molecular formula is C13H19NO. The van der Waals surface area contributed by atoms with Gasteiger partial charge in [0.05, 0.1) is 6.10 Å². The second-order valence-electron chi connectivity index (χ2n) is 3.80. The minimum Gasteiger partial charge on any atom is -0.388 e. The van der Waals surface area contributed by atoms with Crippen molar-refractivity contribution < 1.29 is 5.11 Å². The molecule has 0 aromatic heterocycles. The fourth-order valence-corrected chi connectivity index (χ4v) is 1.45. The number of aliphatic hydroxyl groups is 1. The molecule has 0 aliphatic carbocycles.